The maximum absolute atomic E-state index is 13.8. The van der Waals surface area contributed by atoms with Gasteiger partial charge in [0.05, 0.1) is 11.6 Å². The van der Waals surface area contributed by atoms with Crippen molar-refractivity contribution < 1.29 is 4.39 Å². The van der Waals surface area contributed by atoms with Crippen LogP contribution in [0.3, 0.4) is 0 Å². The minimum Gasteiger partial charge on any atom is -0.306 e. The third-order valence-corrected chi connectivity index (χ3v) is 4.02. The molecule has 108 valence electrons. The minimum absolute atomic E-state index is 0.223. The molecule has 4 heteroatoms. The van der Waals surface area contributed by atoms with E-state index in [1.165, 1.54) is 25.0 Å². The molecule has 1 heterocycles. The highest BCUT2D eigenvalue weighted by Crippen LogP contribution is 2.18. The Morgan fingerprint density at radius 3 is 2.75 bits per heavy atom. The van der Waals surface area contributed by atoms with Crippen molar-refractivity contribution >= 4 is 0 Å². The Morgan fingerprint density at radius 1 is 1.40 bits per heavy atom. The second-order valence-corrected chi connectivity index (χ2v) is 5.86. The van der Waals surface area contributed by atoms with Crippen LogP contribution < -0.4 is 0 Å². The summed E-state index contributed by atoms with van der Waals surface area (Å²) in [7, 11) is 4.18. The average Bonchev–Trinajstić information content (AvgIpc) is 2.44. The first-order valence-electron chi connectivity index (χ1n) is 7.14. The normalized spacial score (nSPS) is 17.4. The Balaban J connectivity index is 1.91. The molecule has 1 aliphatic rings. The van der Waals surface area contributed by atoms with Crippen molar-refractivity contribution in [1.82, 2.24) is 9.80 Å². The van der Waals surface area contributed by atoms with Crippen LogP contribution in [0.2, 0.25) is 0 Å². The van der Waals surface area contributed by atoms with Gasteiger partial charge in [-0.2, -0.15) is 5.26 Å². The second kappa shape index (κ2) is 6.83. The number of nitriles is 1. The molecule has 1 aliphatic heterocycles. The summed E-state index contributed by atoms with van der Waals surface area (Å²) in [6.07, 6.45) is 2.42. The number of halogens is 1. The Bertz CT molecular complexity index is 487. The zero-order valence-corrected chi connectivity index (χ0v) is 12.3. The van der Waals surface area contributed by atoms with Crippen molar-refractivity contribution in [3.05, 3.63) is 35.1 Å². The van der Waals surface area contributed by atoms with Crippen LogP contribution >= 0.6 is 0 Å². The van der Waals surface area contributed by atoms with Crippen LogP contribution in [0.15, 0.2) is 18.2 Å². The average molecular weight is 275 g/mol. The van der Waals surface area contributed by atoms with Gasteiger partial charge < -0.3 is 9.80 Å². The van der Waals surface area contributed by atoms with Gasteiger partial charge in [0.15, 0.2) is 0 Å². The van der Waals surface area contributed by atoms with Gasteiger partial charge in [0, 0.05) is 18.7 Å². The molecule has 1 aromatic carbocycles. The maximum Gasteiger partial charge on any atom is 0.127 e. The lowest BCUT2D eigenvalue weighted by Crippen LogP contribution is -2.35. The summed E-state index contributed by atoms with van der Waals surface area (Å²) in [6.45, 7) is 3.85. The number of hydrogen-bond donors (Lipinski definition) is 0. The van der Waals surface area contributed by atoms with E-state index in [1.54, 1.807) is 6.07 Å². The minimum atomic E-state index is -0.223. The zero-order chi connectivity index (χ0) is 14.5. The molecule has 0 amide bonds. The van der Waals surface area contributed by atoms with Crippen LogP contribution in [-0.4, -0.2) is 43.5 Å². The van der Waals surface area contributed by atoms with Gasteiger partial charge in [-0.1, -0.05) is 0 Å². The van der Waals surface area contributed by atoms with Gasteiger partial charge in [-0.05, 0) is 64.1 Å². The predicted octanol–water partition coefficient (Wildman–Crippen LogP) is 2.47. The van der Waals surface area contributed by atoms with Crippen molar-refractivity contribution in [2.24, 2.45) is 5.92 Å². The number of benzene rings is 1. The summed E-state index contributed by atoms with van der Waals surface area (Å²) in [4.78, 5) is 4.52. The summed E-state index contributed by atoms with van der Waals surface area (Å²) < 4.78 is 13.8. The van der Waals surface area contributed by atoms with E-state index in [9.17, 15) is 4.39 Å². The molecule has 0 aliphatic carbocycles. The van der Waals surface area contributed by atoms with Gasteiger partial charge >= 0.3 is 0 Å². The molecule has 0 aromatic heterocycles. The molecule has 0 spiro atoms. The van der Waals surface area contributed by atoms with Crippen LogP contribution in [0, 0.1) is 23.1 Å². The monoisotopic (exact) mass is 275 g/mol. The maximum atomic E-state index is 13.8. The third-order valence-electron chi connectivity index (χ3n) is 4.02. The summed E-state index contributed by atoms with van der Waals surface area (Å²) in [5, 5.41) is 8.88. The molecule has 0 saturated carbocycles. The first kappa shape index (κ1) is 15.0. The number of hydrogen-bond acceptors (Lipinski definition) is 3. The van der Waals surface area contributed by atoms with E-state index in [0.29, 0.717) is 23.6 Å². The molecular weight excluding hydrogens is 253 g/mol. The first-order valence-corrected chi connectivity index (χ1v) is 7.14. The molecule has 0 bridgehead atoms. The zero-order valence-electron chi connectivity index (χ0n) is 12.3. The summed E-state index contributed by atoms with van der Waals surface area (Å²) >= 11 is 0. The Morgan fingerprint density at radius 2 is 2.10 bits per heavy atom. The van der Waals surface area contributed by atoms with Gasteiger partial charge in [0.25, 0.3) is 0 Å². The van der Waals surface area contributed by atoms with E-state index in [-0.39, 0.29) is 5.82 Å². The predicted molar refractivity (Wildman–Crippen MR) is 77.7 cm³/mol. The Labute approximate surface area is 120 Å². The highest BCUT2D eigenvalue weighted by atomic mass is 19.1. The number of piperidine rings is 1. The van der Waals surface area contributed by atoms with Crippen molar-refractivity contribution in [3.8, 4) is 6.07 Å². The van der Waals surface area contributed by atoms with E-state index < -0.39 is 0 Å². The molecule has 0 atom stereocenters. The molecular formula is C16H22FN3. The highest BCUT2D eigenvalue weighted by Gasteiger charge is 2.18. The van der Waals surface area contributed by atoms with Crippen molar-refractivity contribution in [2.75, 3.05) is 33.7 Å². The molecule has 1 aromatic rings. The van der Waals surface area contributed by atoms with Crippen molar-refractivity contribution in [3.63, 3.8) is 0 Å². The van der Waals surface area contributed by atoms with Gasteiger partial charge in [-0.15, -0.1) is 0 Å². The SMILES string of the molecule is CN1CCC(CN(C)Cc2cc(C#N)ccc2F)CC1. The largest absolute Gasteiger partial charge is 0.306 e. The fourth-order valence-electron chi connectivity index (χ4n) is 2.81. The molecule has 2 rings (SSSR count). The van der Waals surface area contributed by atoms with E-state index in [1.807, 2.05) is 7.05 Å². The van der Waals surface area contributed by atoms with E-state index in [0.717, 1.165) is 19.6 Å². The van der Waals surface area contributed by atoms with Gasteiger partial charge in [0.1, 0.15) is 5.82 Å². The molecule has 1 saturated heterocycles. The quantitative estimate of drug-likeness (QED) is 0.845. The van der Waals surface area contributed by atoms with Crippen LogP contribution in [-0.2, 0) is 6.54 Å². The molecule has 20 heavy (non-hydrogen) atoms. The smallest absolute Gasteiger partial charge is 0.127 e. The lowest BCUT2D eigenvalue weighted by molar-refractivity contribution is 0.172. The number of nitrogens with zero attached hydrogens (tertiary/aromatic N) is 3. The van der Waals surface area contributed by atoms with E-state index >= 15 is 0 Å². The topological polar surface area (TPSA) is 30.3 Å². The summed E-state index contributed by atoms with van der Waals surface area (Å²) in [5.41, 5.74) is 1.13. The Kier molecular flexibility index (Phi) is 5.11. The Hall–Kier alpha value is -1.44. The standard InChI is InChI=1S/C16H22FN3/c1-19-7-5-13(6-8-19)11-20(2)12-15-9-14(10-18)3-4-16(15)17/h3-4,9,13H,5-8,11-12H2,1-2H3. The van der Waals surface area contributed by atoms with Crippen molar-refractivity contribution in [2.45, 2.75) is 19.4 Å². The van der Waals surface area contributed by atoms with Gasteiger partial charge in [-0.3, -0.25) is 0 Å². The van der Waals surface area contributed by atoms with Crippen LogP contribution in [0.25, 0.3) is 0 Å². The lowest BCUT2D eigenvalue weighted by Gasteiger charge is -2.31. The van der Waals surface area contributed by atoms with Gasteiger partial charge in [-0.25, -0.2) is 4.39 Å². The summed E-state index contributed by atoms with van der Waals surface area (Å²) in [6, 6.07) is 6.63. The molecule has 1 fully saturated rings. The van der Waals surface area contributed by atoms with Crippen molar-refractivity contribution in [1.29, 1.82) is 5.26 Å². The third kappa shape index (κ3) is 4.03. The molecule has 3 nitrogen and oxygen atoms in total. The van der Waals surface area contributed by atoms with Crippen LogP contribution in [0.5, 0.6) is 0 Å². The van der Waals surface area contributed by atoms with E-state index in [2.05, 4.69) is 22.9 Å². The molecule has 0 unspecified atom stereocenters. The van der Waals surface area contributed by atoms with E-state index in [4.69, 9.17) is 5.26 Å². The second-order valence-electron chi connectivity index (χ2n) is 5.86. The number of rotatable bonds is 4. The summed E-state index contributed by atoms with van der Waals surface area (Å²) in [5.74, 6) is 0.470. The van der Waals surface area contributed by atoms with Gasteiger partial charge in [0.2, 0.25) is 0 Å². The highest BCUT2D eigenvalue weighted by molar-refractivity contribution is 5.33. The number of likely N-dealkylation sites (tertiary alicyclic amines) is 1. The molecule has 0 N–H and O–H groups in total. The fraction of sp³-hybridized carbons (Fsp3) is 0.562. The lowest BCUT2D eigenvalue weighted by atomic mass is 9.96. The van der Waals surface area contributed by atoms with Crippen LogP contribution in [0.4, 0.5) is 4.39 Å². The van der Waals surface area contributed by atoms with Crippen LogP contribution in [0.1, 0.15) is 24.0 Å². The first-order chi connectivity index (χ1) is 9.58. The molecule has 0 radical (unpaired) electrons. The fourth-order valence-corrected chi connectivity index (χ4v) is 2.81.